The van der Waals surface area contributed by atoms with E-state index in [9.17, 15) is 4.79 Å². The van der Waals surface area contributed by atoms with Gasteiger partial charge in [-0.15, -0.1) is 12.4 Å². The number of likely N-dealkylation sites (tertiary alicyclic amines) is 2. The number of carbonyl (C=O) groups excluding carboxylic acids is 1. The Hall–Kier alpha value is -1.52. The van der Waals surface area contributed by atoms with E-state index in [2.05, 4.69) is 4.90 Å². The molecule has 154 valence electrons. The Morgan fingerprint density at radius 1 is 0.893 bits per heavy atom. The van der Waals surface area contributed by atoms with Crippen LogP contribution in [0.1, 0.15) is 56.9 Å². The summed E-state index contributed by atoms with van der Waals surface area (Å²) in [5.41, 5.74) is 1.05. The van der Waals surface area contributed by atoms with Crippen molar-refractivity contribution < 1.29 is 9.53 Å². The molecule has 0 radical (unpaired) electrons. The minimum absolute atomic E-state index is 0. The van der Waals surface area contributed by atoms with E-state index in [0.29, 0.717) is 6.10 Å². The third-order valence-electron chi connectivity index (χ3n) is 6.34. The lowest BCUT2D eigenvalue weighted by atomic mass is 9.90. The van der Waals surface area contributed by atoms with Gasteiger partial charge in [-0.3, -0.25) is 4.79 Å². The van der Waals surface area contributed by atoms with Crippen molar-refractivity contribution >= 4 is 24.4 Å². The van der Waals surface area contributed by atoms with Gasteiger partial charge in [0.2, 0.25) is 5.91 Å². The molecule has 3 aliphatic rings. The molecule has 2 saturated heterocycles. The summed E-state index contributed by atoms with van der Waals surface area (Å²) in [7, 11) is 0. The molecule has 0 unspecified atom stereocenters. The molecule has 0 N–H and O–H groups in total. The van der Waals surface area contributed by atoms with E-state index < -0.39 is 0 Å². The van der Waals surface area contributed by atoms with Crippen molar-refractivity contribution in [2.75, 3.05) is 26.2 Å². The Balaban J connectivity index is 0.00000225. The Bertz CT molecular complexity index is 643. The molecule has 1 aromatic rings. The summed E-state index contributed by atoms with van der Waals surface area (Å²) in [5, 5.41) is 0. The molecule has 0 aromatic heterocycles. The number of hydrogen-bond acceptors (Lipinski definition) is 3. The maximum atomic E-state index is 12.2. The van der Waals surface area contributed by atoms with Crippen molar-refractivity contribution in [3.8, 4) is 5.75 Å². The summed E-state index contributed by atoms with van der Waals surface area (Å²) in [6.45, 7) is 4.15. The van der Waals surface area contributed by atoms with Crippen molar-refractivity contribution in [2.24, 2.45) is 0 Å². The van der Waals surface area contributed by atoms with Crippen LogP contribution in [0.3, 0.4) is 0 Å². The van der Waals surface area contributed by atoms with Crippen LogP contribution in [0.5, 0.6) is 5.75 Å². The predicted molar refractivity (Wildman–Crippen MR) is 116 cm³/mol. The molecule has 0 bridgehead atoms. The van der Waals surface area contributed by atoms with Gasteiger partial charge in [0.15, 0.2) is 0 Å². The monoisotopic (exact) mass is 404 g/mol. The second-order valence-electron chi connectivity index (χ2n) is 8.23. The van der Waals surface area contributed by atoms with Crippen LogP contribution in [-0.4, -0.2) is 54.0 Å². The Kier molecular flexibility index (Phi) is 7.81. The average molecular weight is 405 g/mol. The maximum Gasteiger partial charge on any atom is 0.246 e. The molecule has 1 aromatic carbocycles. The number of rotatable bonds is 5. The number of nitrogens with zero attached hydrogens (tertiary/aromatic N) is 2. The molecule has 4 nitrogen and oxygen atoms in total. The van der Waals surface area contributed by atoms with Gasteiger partial charge in [0.05, 0.1) is 0 Å². The van der Waals surface area contributed by atoms with Crippen molar-refractivity contribution in [1.82, 2.24) is 9.80 Å². The summed E-state index contributed by atoms with van der Waals surface area (Å²) in [5.74, 6) is 1.07. The number of hydrogen-bond donors (Lipinski definition) is 0. The minimum atomic E-state index is 0. The molecule has 4 rings (SSSR count). The van der Waals surface area contributed by atoms with Crippen LogP contribution < -0.4 is 4.74 Å². The molecule has 0 atom stereocenters. The largest absolute Gasteiger partial charge is 0.490 e. The van der Waals surface area contributed by atoms with Gasteiger partial charge in [-0.25, -0.2) is 0 Å². The van der Waals surface area contributed by atoms with Crippen LogP contribution in [0.4, 0.5) is 0 Å². The van der Waals surface area contributed by atoms with Crippen LogP contribution in [0.25, 0.3) is 6.08 Å². The van der Waals surface area contributed by atoms with Crippen molar-refractivity contribution in [3.05, 3.63) is 35.9 Å². The first-order valence-corrected chi connectivity index (χ1v) is 10.8. The number of ether oxygens (including phenoxy) is 1. The molecule has 2 heterocycles. The molecule has 2 aliphatic heterocycles. The second-order valence-corrected chi connectivity index (χ2v) is 8.23. The standard InChI is InChI=1S/C23H32N2O2.ClH/c26-23(25-15-2-1-3-16-25)12-9-19-7-10-21(11-8-19)27-22-13-17-24(18-14-22)20-5-4-6-20;/h7-12,20,22H,1-6,13-18H2;1H. The number of piperidine rings is 2. The van der Waals surface area contributed by atoms with E-state index in [-0.39, 0.29) is 18.3 Å². The zero-order valence-electron chi connectivity index (χ0n) is 16.7. The lowest BCUT2D eigenvalue weighted by Crippen LogP contribution is -2.46. The highest BCUT2D eigenvalue weighted by Gasteiger charge is 2.29. The molecule has 1 saturated carbocycles. The highest BCUT2D eigenvalue weighted by atomic mass is 35.5. The topological polar surface area (TPSA) is 32.8 Å². The minimum Gasteiger partial charge on any atom is -0.490 e. The van der Waals surface area contributed by atoms with Crippen molar-refractivity contribution in [1.29, 1.82) is 0 Å². The lowest BCUT2D eigenvalue weighted by molar-refractivity contribution is -0.126. The Morgan fingerprint density at radius 2 is 1.57 bits per heavy atom. The first kappa shape index (κ1) is 21.2. The van der Waals surface area contributed by atoms with Gasteiger partial charge in [0.1, 0.15) is 11.9 Å². The first-order valence-electron chi connectivity index (χ1n) is 10.8. The summed E-state index contributed by atoms with van der Waals surface area (Å²) in [4.78, 5) is 16.8. The van der Waals surface area contributed by atoms with E-state index in [4.69, 9.17) is 4.74 Å². The molecule has 3 fully saturated rings. The fourth-order valence-electron chi connectivity index (χ4n) is 4.35. The number of benzene rings is 1. The molecule has 5 heteroatoms. The van der Waals surface area contributed by atoms with Crippen LogP contribution >= 0.6 is 12.4 Å². The normalized spacial score (nSPS) is 21.9. The zero-order chi connectivity index (χ0) is 18.5. The summed E-state index contributed by atoms with van der Waals surface area (Å²) >= 11 is 0. The molecule has 1 amide bonds. The number of amides is 1. The Morgan fingerprint density at radius 3 is 2.18 bits per heavy atom. The number of halogens is 1. The van der Waals surface area contributed by atoms with Crippen LogP contribution in [0.2, 0.25) is 0 Å². The third-order valence-corrected chi connectivity index (χ3v) is 6.34. The molecule has 28 heavy (non-hydrogen) atoms. The van der Waals surface area contributed by atoms with Crippen LogP contribution in [0, 0.1) is 0 Å². The van der Waals surface area contributed by atoms with Gasteiger partial charge in [-0.2, -0.15) is 0 Å². The van der Waals surface area contributed by atoms with Crippen LogP contribution in [0.15, 0.2) is 30.3 Å². The summed E-state index contributed by atoms with van der Waals surface area (Å²) in [6, 6.07) is 8.99. The van der Waals surface area contributed by atoms with Gasteiger partial charge < -0.3 is 14.5 Å². The summed E-state index contributed by atoms with van der Waals surface area (Å²) in [6.07, 6.45) is 13.9. The molecule has 1 aliphatic carbocycles. The highest BCUT2D eigenvalue weighted by Crippen LogP contribution is 2.28. The number of carbonyl (C=O) groups is 1. The highest BCUT2D eigenvalue weighted by molar-refractivity contribution is 5.91. The first-order chi connectivity index (χ1) is 13.3. The van der Waals surface area contributed by atoms with E-state index in [1.165, 1.54) is 38.8 Å². The van der Waals surface area contributed by atoms with Crippen LogP contribution in [-0.2, 0) is 4.79 Å². The fraction of sp³-hybridized carbons (Fsp3) is 0.609. The van der Waals surface area contributed by atoms with Gasteiger partial charge in [-0.1, -0.05) is 18.6 Å². The fourth-order valence-corrected chi connectivity index (χ4v) is 4.35. The molecular weight excluding hydrogens is 372 g/mol. The zero-order valence-corrected chi connectivity index (χ0v) is 17.5. The quantitative estimate of drug-likeness (QED) is 0.676. The van der Waals surface area contributed by atoms with E-state index >= 15 is 0 Å². The van der Waals surface area contributed by atoms with Crippen molar-refractivity contribution in [3.63, 3.8) is 0 Å². The smallest absolute Gasteiger partial charge is 0.246 e. The Labute approximate surface area is 175 Å². The average Bonchev–Trinajstić information content (AvgIpc) is 2.68. The molecular formula is C23H33ClN2O2. The van der Waals surface area contributed by atoms with Crippen molar-refractivity contribution in [2.45, 2.75) is 63.5 Å². The van der Waals surface area contributed by atoms with Gasteiger partial charge in [0, 0.05) is 38.3 Å². The molecule has 0 spiro atoms. The van der Waals surface area contributed by atoms with E-state index in [1.54, 1.807) is 6.08 Å². The van der Waals surface area contributed by atoms with Gasteiger partial charge >= 0.3 is 0 Å². The van der Waals surface area contributed by atoms with E-state index in [1.807, 2.05) is 35.2 Å². The SMILES string of the molecule is Cl.O=C(C=Cc1ccc(OC2CCN(C3CCC3)CC2)cc1)N1CCCCC1. The summed E-state index contributed by atoms with van der Waals surface area (Å²) < 4.78 is 6.18. The van der Waals surface area contributed by atoms with Gasteiger partial charge in [0.25, 0.3) is 0 Å². The van der Waals surface area contributed by atoms with Gasteiger partial charge in [-0.05, 0) is 68.7 Å². The lowest BCUT2D eigenvalue weighted by Gasteiger charge is -2.41. The predicted octanol–water partition coefficient (Wildman–Crippen LogP) is 4.53. The maximum absolute atomic E-state index is 12.2. The van der Waals surface area contributed by atoms with E-state index in [0.717, 1.165) is 56.1 Å². The second kappa shape index (κ2) is 10.3. The third kappa shape index (κ3) is 5.51.